The van der Waals surface area contributed by atoms with Crippen LogP contribution in [0.2, 0.25) is 10.0 Å². The van der Waals surface area contributed by atoms with Gasteiger partial charge in [0.2, 0.25) is 0 Å². The van der Waals surface area contributed by atoms with Gasteiger partial charge < -0.3 is 9.67 Å². The number of amides is 2. The van der Waals surface area contributed by atoms with E-state index in [0.717, 1.165) is 16.3 Å². The second kappa shape index (κ2) is 7.64. The highest BCUT2D eigenvalue weighted by Crippen LogP contribution is 2.33. The minimum atomic E-state index is -1.38. The smallest absolute Gasteiger partial charge is 0.423 e. The van der Waals surface area contributed by atoms with Crippen molar-refractivity contribution in [2.24, 2.45) is 14.1 Å². The molecule has 0 aliphatic rings. The van der Waals surface area contributed by atoms with E-state index in [-0.39, 0.29) is 11.1 Å². The molecular weight excluding hydrogens is 443 g/mol. The predicted molar refractivity (Wildman–Crippen MR) is 120 cm³/mol. The number of benzene rings is 2. The molecule has 10 heteroatoms. The summed E-state index contributed by atoms with van der Waals surface area (Å²) in [5.41, 5.74) is 6.37. The third kappa shape index (κ3) is 3.49. The number of hydrazine groups is 1. The van der Waals surface area contributed by atoms with Gasteiger partial charge in [0.15, 0.2) is 0 Å². The van der Waals surface area contributed by atoms with E-state index in [1.54, 1.807) is 49.5 Å². The number of hydrogen-bond acceptors (Lipinski definition) is 3. The van der Waals surface area contributed by atoms with Crippen molar-refractivity contribution < 1.29 is 14.7 Å². The van der Waals surface area contributed by atoms with Crippen molar-refractivity contribution in [2.45, 2.75) is 0 Å². The summed E-state index contributed by atoms with van der Waals surface area (Å²) in [6.07, 6.45) is -1.38. The van der Waals surface area contributed by atoms with E-state index in [1.165, 1.54) is 4.57 Å². The number of carbonyl (C=O) groups excluding carboxylic acids is 1. The first-order chi connectivity index (χ1) is 14.7. The monoisotopic (exact) mass is 458 g/mol. The highest BCUT2D eigenvalue weighted by Gasteiger charge is 2.18. The Kier molecular flexibility index (Phi) is 5.12. The van der Waals surface area contributed by atoms with Gasteiger partial charge >= 0.3 is 6.09 Å². The first kappa shape index (κ1) is 20.8. The molecule has 0 spiro atoms. The van der Waals surface area contributed by atoms with E-state index in [1.807, 2.05) is 17.0 Å². The van der Waals surface area contributed by atoms with Gasteiger partial charge in [0, 0.05) is 46.6 Å². The highest BCUT2D eigenvalue weighted by atomic mass is 35.5. The number of aromatic nitrogens is 2. The molecule has 2 aromatic heterocycles. The number of nitrogens with one attached hydrogen (secondary N) is 2. The number of aryl methyl sites for hydroxylation is 2. The number of halogens is 2. The summed E-state index contributed by atoms with van der Waals surface area (Å²) >= 11 is 12.3. The Morgan fingerprint density at radius 1 is 0.903 bits per heavy atom. The summed E-state index contributed by atoms with van der Waals surface area (Å²) in [6, 6.07) is 11.6. The minimum Gasteiger partial charge on any atom is -0.464 e. The molecule has 0 saturated carbocycles. The zero-order chi connectivity index (χ0) is 22.4. The van der Waals surface area contributed by atoms with E-state index < -0.39 is 12.0 Å². The van der Waals surface area contributed by atoms with Crippen molar-refractivity contribution in [2.75, 3.05) is 0 Å². The van der Waals surface area contributed by atoms with Crippen LogP contribution in [0.15, 0.2) is 47.3 Å². The van der Waals surface area contributed by atoms with Crippen LogP contribution in [0.25, 0.3) is 33.1 Å². The average Bonchev–Trinajstić information content (AvgIpc) is 3.00. The molecule has 0 bridgehead atoms. The topological polar surface area (TPSA) is 105 Å². The third-order valence-electron chi connectivity index (χ3n) is 5.11. The Labute approximate surface area is 185 Å². The summed E-state index contributed by atoms with van der Waals surface area (Å²) in [5, 5.41) is 11.0. The molecule has 0 fully saturated rings. The first-order valence-electron chi connectivity index (χ1n) is 9.06. The lowest BCUT2D eigenvalue weighted by Gasteiger charge is -2.09. The van der Waals surface area contributed by atoms with Crippen molar-refractivity contribution in [1.29, 1.82) is 0 Å². The van der Waals surface area contributed by atoms with Gasteiger partial charge in [-0.15, -0.1) is 0 Å². The molecule has 4 rings (SSSR count). The third-order valence-corrected chi connectivity index (χ3v) is 5.66. The summed E-state index contributed by atoms with van der Waals surface area (Å²) in [4.78, 5) is 36.0. The second-order valence-electron chi connectivity index (χ2n) is 6.96. The van der Waals surface area contributed by atoms with Gasteiger partial charge in [-0.05, 0) is 36.4 Å². The number of hydrogen-bond donors (Lipinski definition) is 3. The molecule has 8 nitrogen and oxygen atoms in total. The Morgan fingerprint density at radius 2 is 1.65 bits per heavy atom. The number of fused-ring (bicyclic) bond motifs is 3. The van der Waals surface area contributed by atoms with E-state index >= 15 is 0 Å². The molecule has 2 heterocycles. The molecule has 3 N–H and O–H groups in total. The quantitative estimate of drug-likeness (QED) is 0.395. The number of pyridine rings is 1. The zero-order valence-corrected chi connectivity index (χ0v) is 17.9. The van der Waals surface area contributed by atoms with Gasteiger partial charge in [-0.3, -0.25) is 19.6 Å². The van der Waals surface area contributed by atoms with Crippen LogP contribution in [0.1, 0.15) is 10.4 Å². The molecule has 2 aromatic carbocycles. The molecule has 4 aromatic rings. The summed E-state index contributed by atoms with van der Waals surface area (Å²) in [7, 11) is 3.49. The molecular formula is C21H16Cl2N4O4. The number of carbonyl (C=O) groups is 2. The van der Waals surface area contributed by atoms with E-state index in [0.29, 0.717) is 26.8 Å². The van der Waals surface area contributed by atoms with Gasteiger partial charge in [0.1, 0.15) is 5.65 Å². The molecule has 0 aliphatic carbocycles. The van der Waals surface area contributed by atoms with Gasteiger partial charge in [0.25, 0.3) is 11.5 Å². The average molecular weight is 459 g/mol. The normalized spacial score (nSPS) is 11.1. The molecule has 0 aliphatic heterocycles. The molecule has 0 unspecified atom stereocenters. The largest absolute Gasteiger partial charge is 0.464 e. The molecule has 2 amide bonds. The Hall–Kier alpha value is -3.49. The highest BCUT2D eigenvalue weighted by molar-refractivity contribution is 6.36. The van der Waals surface area contributed by atoms with Crippen LogP contribution < -0.4 is 16.4 Å². The molecule has 0 atom stereocenters. The maximum Gasteiger partial charge on any atom is 0.423 e. The van der Waals surface area contributed by atoms with Crippen molar-refractivity contribution >= 4 is 57.1 Å². The van der Waals surface area contributed by atoms with Crippen molar-refractivity contribution in [3.05, 3.63) is 68.4 Å². The lowest BCUT2D eigenvalue weighted by atomic mass is 10.0. The molecule has 0 radical (unpaired) electrons. The van der Waals surface area contributed by atoms with Crippen molar-refractivity contribution in [1.82, 2.24) is 20.0 Å². The SMILES string of the molecule is Cn1c(=O)c(-c2ccc(Cl)cc2Cl)cc2c3cc(C(=O)NNC(=O)O)ccc3n(C)c21. The first-order valence-corrected chi connectivity index (χ1v) is 9.81. The zero-order valence-electron chi connectivity index (χ0n) is 16.4. The van der Waals surface area contributed by atoms with Crippen LogP contribution in [-0.2, 0) is 14.1 Å². The summed E-state index contributed by atoms with van der Waals surface area (Å²) < 4.78 is 3.39. The summed E-state index contributed by atoms with van der Waals surface area (Å²) in [6.45, 7) is 0. The standard InChI is InChI=1S/C21H16Cl2N4O4/c1-26-17-6-3-10(18(28)24-25-21(30)31)7-13(17)14-9-15(20(29)27(2)19(14)26)12-5-4-11(22)8-16(12)23/h3-9,25H,1-2H3,(H,24,28)(H,30,31). The van der Waals surface area contributed by atoms with Crippen LogP contribution >= 0.6 is 23.2 Å². The van der Waals surface area contributed by atoms with Crippen LogP contribution in [0, 0.1) is 0 Å². The van der Waals surface area contributed by atoms with E-state index in [4.69, 9.17) is 28.3 Å². The molecule has 158 valence electrons. The van der Waals surface area contributed by atoms with Crippen LogP contribution in [0.3, 0.4) is 0 Å². The van der Waals surface area contributed by atoms with Gasteiger partial charge in [0.05, 0.1) is 10.5 Å². The molecule has 0 saturated heterocycles. The Morgan fingerprint density at radius 3 is 2.32 bits per heavy atom. The molecule has 31 heavy (non-hydrogen) atoms. The number of carboxylic acid groups (broad SMARTS) is 1. The van der Waals surface area contributed by atoms with Crippen LogP contribution in [0.4, 0.5) is 4.79 Å². The summed E-state index contributed by atoms with van der Waals surface area (Å²) in [5.74, 6) is -0.605. The fraction of sp³-hybridized carbons (Fsp3) is 0.0952. The second-order valence-corrected chi connectivity index (χ2v) is 7.80. The minimum absolute atomic E-state index is 0.230. The van der Waals surface area contributed by atoms with Crippen molar-refractivity contribution in [3.63, 3.8) is 0 Å². The lowest BCUT2D eigenvalue weighted by molar-refractivity contribution is 0.0926. The van der Waals surface area contributed by atoms with Gasteiger partial charge in [-0.2, -0.15) is 0 Å². The van der Waals surface area contributed by atoms with Gasteiger partial charge in [-0.1, -0.05) is 29.3 Å². The van der Waals surface area contributed by atoms with Crippen LogP contribution in [0.5, 0.6) is 0 Å². The van der Waals surface area contributed by atoms with Gasteiger partial charge in [-0.25, -0.2) is 10.2 Å². The Bertz CT molecular complexity index is 1460. The predicted octanol–water partition coefficient (Wildman–Crippen LogP) is 3.92. The van der Waals surface area contributed by atoms with Crippen LogP contribution in [-0.4, -0.2) is 26.2 Å². The van der Waals surface area contributed by atoms with E-state index in [9.17, 15) is 14.4 Å². The fourth-order valence-electron chi connectivity index (χ4n) is 3.71. The van der Waals surface area contributed by atoms with E-state index in [2.05, 4.69) is 5.43 Å². The van der Waals surface area contributed by atoms with Crippen molar-refractivity contribution in [3.8, 4) is 11.1 Å². The maximum absolute atomic E-state index is 13.1. The number of rotatable bonds is 2. The fourth-order valence-corrected chi connectivity index (χ4v) is 4.23. The lowest BCUT2D eigenvalue weighted by Crippen LogP contribution is -2.40. The number of nitrogens with zero attached hydrogens (tertiary/aromatic N) is 2. The maximum atomic E-state index is 13.1. The Balaban J connectivity index is 1.97.